The molecule has 0 N–H and O–H groups in total. The van der Waals surface area contributed by atoms with E-state index < -0.39 is 11.7 Å². The number of thioether (sulfide) groups is 1. The molecule has 27 heavy (non-hydrogen) atoms. The molecule has 0 radical (unpaired) electrons. The lowest BCUT2D eigenvalue weighted by Crippen LogP contribution is -2.04. The maximum absolute atomic E-state index is 12.7. The minimum atomic E-state index is -4.33. The average molecular weight is 386 g/mol. The zero-order chi connectivity index (χ0) is 18.9. The number of fused-ring (bicyclic) bond motifs is 1. The van der Waals surface area contributed by atoms with Gasteiger partial charge in [-0.3, -0.25) is 0 Å². The van der Waals surface area contributed by atoms with E-state index in [0.29, 0.717) is 10.9 Å². The molecule has 0 saturated heterocycles. The van der Waals surface area contributed by atoms with Crippen LogP contribution in [0.2, 0.25) is 0 Å². The summed E-state index contributed by atoms with van der Waals surface area (Å²) >= 11 is 1.37. The summed E-state index contributed by atoms with van der Waals surface area (Å²) in [6.45, 7) is 0. The molecule has 0 saturated carbocycles. The molecule has 8 heteroatoms. The molecule has 0 aliphatic carbocycles. The van der Waals surface area contributed by atoms with Gasteiger partial charge in [-0.15, -0.1) is 5.10 Å². The summed E-state index contributed by atoms with van der Waals surface area (Å²) in [6.07, 6.45) is -4.33. The molecule has 0 aliphatic heterocycles. The Bertz CT molecular complexity index is 1070. The zero-order valence-electron chi connectivity index (χ0n) is 13.9. The summed E-state index contributed by atoms with van der Waals surface area (Å²) in [4.78, 5) is 0. The van der Waals surface area contributed by atoms with E-state index in [2.05, 4.69) is 15.5 Å². The van der Waals surface area contributed by atoms with Gasteiger partial charge in [0.1, 0.15) is 0 Å². The molecule has 0 fully saturated rings. The van der Waals surface area contributed by atoms with E-state index in [0.717, 1.165) is 34.2 Å². The summed E-state index contributed by atoms with van der Waals surface area (Å²) in [5, 5.41) is 14.6. The monoisotopic (exact) mass is 386 g/mol. The number of aromatic nitrogens is 4. The number of halogens is 3. The highest BCUT2D eigenvalue weighted by Crippen LogP contribution is 2.31. The quantitative estimate of drug-likeness (QED) is 0.456. The van der Waals surface area contributed by atoms with Gasteiger partial charge in [0.2, 0.25) is 5.16 Å². The molecule has 1 aromatic heterocycles. The van der Waals surface area contributed by atoms with E-state index in [1.165, 1.54) is 23.9 Å². The summed E-state index contributed by atoms with van der Waals surface area (Å²) in [5.74, 6) is 0.462. The summed E-state index contributed by atoms with van der Waals surface area (Å²) in [5.41, 5.74) is 0.963. The molecule has 4 nitrogen and oxygen atoms in total. The molecule has 0 spiro atoms. The second-order valence-corrected chi connectivity index (χ2v) is 6.80. The molecule has 4 aromatic rings. The van der Waals surface area contributed by atoms with Crippen LogP contribution in [-0.2, 0) is 11.9 Å². The number of rotatable bonds is 4. The first kappa shape index (κ1) is 17.5. The SMILES string of the molecule is FC(F)(F)c1ccc(CSc2nnnn2-c2cccc3ccccc23)cc1. The van der Waals surface area contributed by atoms with Crippen molar-refractivity contribution in [2.45, 2.75) is 17.1 Å². The first-order chi connectivity index (χ1) is 13.0. The van der Waals surface area contributed by atoms with Crippen molar-refractivity contribution in [3.63, 3.8) is 0 Å². The molecule has 0 aliphatic rings. The number of alkyl halides is 3. The maximum atomic E-state index is 12.7. The lowest BCUT2D eigenvalue weighted by Gasteiger charge is -2.09. The second-order valence-electron chi connectivity index (χ2n) is 5.85. The molecular formula is C19H13F3N4S. The molecule has 0 atom stereocenters. The highest BCUT2D eigenvalue weighted by atomic mass is 32.2. The Balaban J connectivity index is 1.58. The third kappa shape index (κ3) is 3.66. The highest BCUT2D eigenvalue weighted by Gasteiger charge is 2.29. The van der Waals surface area contributed by atoms with Gasteiger partial charge >= 0.3 is 6.18 Å². The van der Waals surface area contributed by atoms with Gasteiger partial charge in [-0.1, -0.05) is 60.3 Å². The van der Waals surface area contributed by atoms with Gasteiger partial charge in [0.25, 0.3) is 0 Å². The van der Waals surface area contributed by atoms with Crippen molar-refractivity contribution in [3.05, 3.63) is 77.9 Å². The van der Waals surface area contributed by atoms with Crippen molar-refractivity contribution in [1.29, 1.82) is 0 Å². The van der Waals surface area contributed by atoms with Gasteiger partial charge < -0.3 is 0 Å². The summed E-state index contributed by atoms with van der Waals surface area (Å²) in [6, 6.07) is 18.9. The fourth-order valence-corrected chi connectivity index (χ4v) is 3.59. The third-order valence-electron chi connectivity index (χ3n) is 4.08. The average Bonchev–Trinajstić information content (AvgIpc) is 3.14. The van der Waals surface area contributed by atoms with Gasteiger partial charge in [-0.2, -0.15) is 17.9 Å². The predicted octanol–water partition coefficient (Wildman–Crippen LogP) is 5.13. The first-order valence-corrected chi connectivity index (χ1v) is 9.06. The Kier molecular flexibility index (Phi) is 4.57. The zero-order valence-corrected chi connectivity index (χ0v) is 14.7. The van der Waals surface area contributed by atoms with Crippen LogP contribution >= 0.6 is 11.8 Å². The van der Waals surface area contributed by atoms with Crippen molar-refractivity contribution >= 4 is 22.5 Å². The fraction of sp³-hybridized carbons (Fsp3) is 0.105. The highest BCUT2D eigenvalue weighted by molar-refractivity contribution is 7.98. The number of tetrazole rings is 1. The Morgan fingerprint density at radius 2 is 1.63 bits per heavy atom. The molecule has 0 bridgehead atoms. The topological polar surface area (TPSA) is 43.6 Å². The van der Waals surface area contributed by atoms with Gasteiger partial charge in [0, 0.05) is 11.1 Å². The van der Waals surface area contributed by atoms with Crippen LogP contribution in [-0.4, -0.2) is 20.2 Å². The number of hydrogen-bond acceptors (Lipinski definition) is 4. The lowest BCUT2D eigenvalue weighted by molar-refractivity contribution is -0.137. The van der Waals surface area contributed by atoms with E-state index in [1.54, 1.807) is 4.68 Å². The van der Waals surface area contributed by atoms with Crippen LogP contribution in [0.5, 0.6) is 0 Å². The van der Waals surface area contributed by atoms with Crippen molar-refractivity contribution < 1.29 is 13.2 Å². The van der Waals surface area contributed by atoms with E-state index in [9.17, 15) is 13.2 Å². The molecule has 136 valence electrons. The van der Waals surface area contributed by atoms with Gasteiger partial charge in [0.15, 0.2) is 0 Å². The summed E-state index contributed by atoms with van der Waals surface area (Å²) in [7, 11) is 0. The van der Waals surface area contributed by atoms with Crippen LogP contribution in [0.3, 0.4) is 0 Å². The van der Waals surface area contributed by atoms with Crippen molar-refractivity contribution in [2.24, 2.45) is 0 Å². The smallest absolute Gasteiger partial charge is 0.187 e. The molecule has 1 heterocycles. The van der Waals surface area contributed by atoms with Crippen LogP contribution in [0, 0.1) is 0 Å². The van der Waals surface area contributed by atoms with Crippen LogP contribution < -0.4 is 0 Å². The van der Waals surface area contributed by atoms with Crippen LogP contribution in [0.15, 0.2) is 71.9 Å². The Morgan fingerprint density at radius 3 is 2.41 bits per heavy atom. The third-order valence-corrected chi connectivity index (χ3v) is 5.08. The van der Waals surface area contributed by atoms with Crippen LogP contribution in [0.1, 0.15) is 11.1 Å². The lowest BCUT2D eigenvalue weighted by atomic mass is 10.1. The van der Waals surface area contributed by atoms with Crippen molar-refractivity contribution in [1.82, 2.24) is 20.2 Å². The van der Waals surface area contributed by atoms with E-state index in [4.69, 9.17) is 0 Å². The fourth-order valence-electron chi connectivity index (χ4n) is 2.75. The van der Waals surface area contributed by atoms with Crippen molar-refractivity contribution in [3.8, 4) is 5.69 Å². The maximum Gasteiger partial charge on any atom is 0.416 e. The number of benzene rings is 3. The van der Waals surface area contributed by atoms with E-state index in [1.807, 2.05) is 42.5 Å². The minimum absolute atomic E-state index is 0.462. The number of nitrogens with zero attached hydrogens (tertiary/aromatic N) is 4. The van der Waals surface area contributed by atoms with Gasteiger partial charge in [0.05, 0.1) is 11.3 Å². The van der Waals surface area contributed by atoms with Gasteiger partial charge in [-0.05, 0) is 39.6 Å². The molecule has 0 amide bonds. The largest absolute Gasteiger partial charge is 0.416 e. The normalized spacial score (nSPS) is 11.8. The first-order valence-electron chi connectivity index (χ1n) is 8.08. The predicted molar refractivity (Wildman–Crippen MR) is 97.7 cm³/mol. The summed E-state index contributed by atoms with van der Waals surface area (Å²) < 4.78 is 39.6. The van der Waals surface area contributed by atoms with E-state index in [-0.39, 0.29) is 0 Å². The minimum Gasteiger partial charge on any atom is -0.187 e. The van der Waals surface area contributed by atoms with E-state index >= 15 is 0 Å². The molecule has 3 aromatic carbocycles. The molecule has 4 rings (SSSR count). The Morgan fingerprint density at radius 1 is 0.889 bits per heavy atom. The Hall–Kier alpha value is -2.87. The van der Waals surface area contributed by atoms with Gasteiger partial charge in [-0.25, -0.2) is 0 Å². The van der Waals surface area contributed by atoms with Crippen LogP contribution in [0.4, 0.5) is 13.2 Å². The standard InChI is InChI=1S/C19H13F3N4S/c20-19(21,22)15-10-8-13(9-11-15)12-27-18-23-24-25-26(18)17-7-3-5-14-4-1-2-6-16(14)17/h1-11H,12H2. The van der Waals surface area contributed by atoms with Crippen molar-refractivity contribution in [2.75, 3.05) is 0 Å². The second kappa shape index (κ2) is 7.03. The number of hydrogen-bond donors (Lipinski definition) is 0. The van der Waals surface area contributed by atoms with Crippen LogP contribution in [0.25, 0.3) is 16.5 Å². The molecular weight excluding hydrogens is 373 g/mol. The Labute approximate surface area is 157 Å². The molecule has 0 unspecified atom stereocenters.